The standard InChI is InChI=1S/C14H21N3O3/c1-8(2)7-11(15)14(20)17-12(13(16)19)9-3-5-10(18)6-4-9/h3-6,8,11-12,18H,7,15H2,1-2H3,(H2,16,19)(H,17,20)/t11-,12-/m1/s1. The molecule has 6 heteroatoms. The van der Waals surface area contributed by atoms with Crippen LogP contribution in [0, 0.1) is 5.92 Å². The molecule has 0 bridgehead atoms. The Morgan fingerprint density at radius 3 is 2.25 bits per heavy atom. The van der Waals surface area contributed by atoms with Crippen molar-refractivity contribution in [2.75, 3.05) is 0 Å². The summed E-state index contributed by atoms with van der Waals surface area (Å²) in [5, 5.41) is 11.8. The van der Waals surface area contributed by atoms with Gasteiger partial charge in [0.2, 0.25) is 11.8 Å². The van der Waals surface area contributed by atoms with Crippen LogP contribution < -0.4 is 16.8 Å². The van der Waals surface area contributed by atoms with E-state index in [0.29, 0.717) is 12.0 Å². The van der Waals surface area contributed by atoms with E-state index in [1.807, 2.05) is 13.8 Å². The van der Waals surface area contributed by atoms with Gasteiger partial charge in [-0.25, -0.2) is 0 Å². The van der Waals surface area contributed by atoms with E-state index < -0.39 is 23.9 Å². The summed E-state index contributed by atoms with van der Waals surface area (Å²) >= 11 is 0. The highest BCUT2D eigenvalue weighted by molar-refractivity contribution is 5.89. The first-order valence-electron chi connectivity index (χ1n) is 6.45. The maximum absolute atomic E-state index is 11.9. The lowest BCUT2D eigenvalue weighted by Gasteiger charge is -2.19. The predicted molar refractivity (Wildman–Crippen MR) is 75.6 cm³/mol. The topological polar surface area (TPSA) is 118 Å². The summed E-state index contributed by atoms with van der Waals surface area (Å²) in [5.74, 6) is -0.757. The molecule has 0 saturated heterocycles. The fourth-order valence-electron chi connectivity index (χ4n) is 1.85. The number of hydrogen-bond acceptors (Lipinski definition) is 4. The average molecular weight is 279 g/mol. The molecule has 0 spiro atoms. The number of primary amides is 1. The van der Waals surface area contributed by atoms with E-state index in [-0.39, 0.29) is 11.7 Å². The lowest BCUT2D eigenvalue weighted by atomic mass is 10.0. The van der Waals surface area contributed by atoms with Crippen molar-refractivity contribution in [2.45, 2.75) is 32.4 Å². The second-order valence-corrected chi connectivity index (χ2v) is 5.17. The van der Waals surface area contributed by atoms with Crippen molar-refractivity contribution in [1.29, 1.82) is 0 Å². The zero-order chi connectivity index (χ0) is 15.3. The number of phenols is 1. The van der Waals surface area contributed by atoms with Crippen LogP contribution in [-0.2, 0) is 9.59 Å². The number of phenolic OH excluding ortho intramolecular Hbond substituents is 1. The van der Waals surface area contributed by atoms with E-state index in [2.05, 4.69) is 5.32 Å². The van der Waals surface area contributed by atoms with E-state index in [4.69, 9.17) is 11.5 Å². The number of benzene rings is 1. The number of carbonyl (C=O) groups is 2. The number of amides is 2. The van der Waals surface area contributed by atoms with Gasteiger partial charge in [0.1, 0.15) is 11.8 Å². The monoisotopic (exact) mass is 279 g/mol. The number of hydrogen-bond donors (Lipinski definition) is 4. The van der Waals surface area contributed by atoms with Crippen molar-refractivity contribution >= 4 is 11.8 Å². The van der Waals surface area contributed by atoms with E-state index >= 15 is 0 Å². The summed E-state index contributed by atoms with van der Waals surface area (Å²) in [6.07, 6.45) is 0.521. The van der Waals surface area contributed by atoms with E-state index in [1.165, 1.54) is 24.3 Å². The third-order valence-electron chi connectivity index (χ3n) is 2.86. The number of aromatic hydroxyl groups is 1. The average Bonchev–Trinajstić information content (AvgIpc) is 2.35. The first kappa shape index (κ1) is 16.0. The smallest absolute Gasteiger partial charge is 0.244 e. The summed E-state index contributed by atoms with van der Waals surface area (Å²) in [5.41, 5.74) is 11.6. The molecular formula is C14H21N3O3. The molecule has 0 saturated carbocycles. The second kappa shape index (κ2) is 6.91. The molecule has 6 N–H and O–H groups in total. The molecule has 0 heterocycles. The highest BCUT2D eigenvalue weighted by Crippen LogP contribution is 2.17. The molecule has 0 aliphatic heterocycles. The number of carbonyl (C=O) groups excluding carboxylic acids is 2. The van der Waals surface area contributed by atoms with Crippen molar-refractivity contribution in [2.24, 2.45) is 17.4 Å². The zero-order valence-corrected chi connectivity index (χ0v) is 11.7. The fourth-order valence-corrected chi connectivity index (χ4v) is 1.85. The van der Waals surface area contributed by atoms with Crippen LogP contribution in [0.15, 0.2) is 24.3 Å². The van der Waals surface area contributed by atoms with Gasteiger partial charge >= 0.3 is 0 Å². The maximum Gasteiger partial charge on any atom is 0.244 e. The van der Waals surface area contributed by atoms with Gasteiger partial charge in [-0.15, -0.1) is 0 Å². The highest BCUT2D eigenvalue weighted by atomic mass is 16.3. The molecule has 0 unspecified atom stereocenters. The Morgan fingerprint density at radius 2 is 1.80 bits per heavy atom. The van der Waals surface area contributed by atoms with Gasteiger partial charge in [-0.1, -0.05) is 26.0 Å². The lowest BCUT2D eigenvalue weighted by molar-refractivity contribution is -0.128. The minimum absolute atomic E-state index is 0.0693. The Labute approximate surface area is 118 Å². The van der Waals surface area contributed by atoms with E-state index in [9.17, 15) is 14.7 Å². The zero-order valence-electron chi connectivity index (χ0n) is 11.7. The number of nitrogens with two attached hydrogens (primary N) is 2. The quantitative estimate of drug-likeness (QED) is 0.603. The molecule has 2 amide bonds. The minimum atomic E-state index is -0.957. The summed E-state index contributed by atoms with van der Waals surface area (Å²) in [6.45, 7) is 3.91. The van der Waals surface area contributed by atoms with Crippen LogP contribution in [-0.4, -0.2) is 23.0 Å². The molecule has 0 aromatic heterocycles. The van der Waals surface area contributed by atoms with Gasteiger partial charge in [0.05, 0.1) is 6.04 Å². The molecule has 0 aliphatic rings. The second-order valence-electron chi connectivity index (χ2n) is 5.17. The van der Waals surface area contributed by atoms with Crippen LogP contribution >= 0.6 is 0 Å². The molecule has 1 aromatic rings. The Hall–Kier alpha value is -2.08. The molecule has 110 valence electrons. The van der Waals surface area contributed by atoms with Gasteiger partial charge in [0.25, 0.3) is 0 Å². The van der Waals surface area contributed by atoms with Crippen molar-refractivity contribution in [1.82, 2.24) is 5.32 Å². The van der Waals surface area contributed by atoms with Crippen LogP contribution in [0.3, 0.4) is 0 Å². The fraction of sp³-hybridized carbons (Fsp3) is 0.429. The van der Waals surface area contributed by atoms with Crippen LogP contribution in [0.5, 0.6) is 5.75 Å². The molecule has 0 aliphatic carbocycles. The van der Waals surface area contributed by atoms with Crippen LogP contribution in [0.25, 0.3) is 0 Å². The lowest BCUT2D eigenvalue weighted by Crippen LogP contribution is -2.46. The van der Waals surface area contributed by atoms with Crippen LogP contribution in [0.4, 0.5) is 0 Å². The van der Waals surface area contributed by atoms with Gasteiger partial charge in [-0.2, -0.15) is 0 Å². The molecular weight excluding hydrogens is 258 g/mol. The summed E-state index contributed by atoms with van der Waals surface area (Å²) < 4.78 is 0. The first-order valence-corrected chi connectivity index (χ1v) is 6.45. The Balaban J connectivity index is 2.80. The summed E-state index contributed by atoms with van der Waals surface area (Å²) in [4.78, 5) is 23.4. The van der Waals surface area contributed by atoms with Crippen molar-refractivity contribution in [3.05, 3.63) is 29.8 Å². The van der Waals surface area contributed by atoms with Gasteiger partial charge in [0.15, 0.2) is 0 Å². The SMILES string of the molecule is CC(C)C[C@@H](N)C(=O)N[C@@H](C(N)=O)c1ccc(O)cc1. The van der Waals surface area contributed by atoms with Gasteiger partial charge in [0, 0.05) is 0 Å². The van der Waals surface area contributed by atoms with Crippen molar-refractivity contribution in [3.63, 3.8) is 0 Å². The largest absolute Gasteiger partial charge is 0.508 e. The maximum atomic E-state index is 11.9. The molecule has 1 rings (SSSR count). The van der Waals surface area contributed by atoms with Crippen molar-refractivity contribution < 1.29 is 14.7 Å². The van der Waals surface area contributed by atoms with Gasteiger partial charge < -0.3 is 21.9 Å². The van der Waals surface area contributed by atoms with Gasteiger partial charge in [-0.05, 0) is 30.0 Å². The molecule has 2 atom stereocenters. The Kier molecular flexibility index (Phi) is 5.52. The predicted octanol–water partition coefficient (Wildman–Crippen LogP) is 0.408. The highest BCUT2D eigenvalue weighted by Gasteiger charge is 2.23. The van der Waals surface area contributed by atoms with Crippen LogP contribution in [0.2, 0.25) is 0 Å². The normalized spacial score (nSPS) is 13.8. The van der Waals surface area contributed by atoms with E-state index in [0.717, 1.165) is 0 Å². The third-order valence-corrected chi connectivity index (χ3v) is 2.86. The molecule has 0 fully saturated rings. The number of rotatable bonds is 6. The van der Waals surface area contributed by atoms with E-state index in [1.54, 1.807) is 0 Å². The molecule has 6 nitrogen and oxygen atoms in total. The molecule has 0 radical (unpaired) electrons. The Morgan fingerprint density at radius 1 is 1.25 bits per heavy atom. The van der Waals surface area contributed by atoms with Gasteiger partial charge in [-0.3, -0.25) is 9.59 Å². The molecule has 1 aromatic carbocycles. The van der Waals surface area contributed by atoms with Crippen molar-refractivity contribution in [3.8, 4) is 5.75 Å². The Bertz CT molecular complexity index is 471. The first-order chi connectivity index (χ1) is 9.31. The minimum Gasteiger partial charge on any atom is -0.508 e. The van der Waals surface area contributed by atoms with Crippen LogP contribution in [0.1, 0.15) is 31.9 Å². The summed E-state index contributed by atoms with van der Waals surface area (Å²) in [6, 6.07) is 4.25. The third kappa shape index (κ3) is 4.55. The summed E-state index contributed by atoms with van der Waals surface area (Å²) in [7, 11) is 0. The molecule has 20 heavy (non-hydrogen) atoms. The number of nitrogens with one attached hydrogen (secondary N) is 1.